The summed E-state index contributed by atoms with van der Waals surface area (Å²) in [4.78, 5) is 7.61. The molecule has 2 aromatic rings. The molecule has 1 spiro atoms. The van der Waals surface area contributed by atoms with Crippen molar-refractivity contribution in [3.8, 4) is 0 Å². The maximum atomic E-state index is 5.02. The fraction of sp³-hybridized carbons (Fsp3) is 0.320. The molecule has 1 aliphatic carbocycles. The zero-order valence-corrected chi connectivity index (χ0v) is 18.1. The van der Waals surface area contributed by atoms with Gasteiger partial charge in [0.2, 0.25) is 0 Å². The summed E-state index contributed by atoms with van der Waals surface area (Å²) in [5, 5.41) is 3.45. The molecular weight excluding hydrogens is 378 g/mol. The van der Waals surface area contributed by atoms with Crippen molar-refractivity contribution in [1.82, 2.24) is 0 Å². The first-order chi connectivity index (χ1) is 13.6. The highest BCUT2D eigenvalue weighted by Gasteiger charge is 2.41. The van der Waals surface area contributed by atoms with Crippen LogP contribution in [0.4, 0.5) is 5.69 Å². The van der Waals surface area contributed by atoms with E-state index in [1.807, 2.05) is 11.8 Å². The normalized spacial score (nSPS) is 22.1. The fourth-order valence-electron chi connectivity index (χ4n) is 4.07. The summed E-state index contributed by atoms with van der Waals surface area (Å²) in [5.74, 6) is 0. The van der Waals surface area contributed by atoms with Crippen LogP contribution in [0.2, 0.25) is 0 Å². The molecule has 1 saturated carbocycles. The van der Waals surface area contributed by atoms with Crippen LogP contribution in [-0.4, -0.2) is 5.04 Å². The van der Waals surface area contributed by atoms with Crippen LogP contribution < -0.4 is 0 Å². The van der Waals surface area contributed by atoms with E-state index >= 15 is 0 Å². The van der Waals surface area contributed by atoms with Gasteiger partial charge in [0.1, 0.15) is 5.04 Å². The zero-order chi connectivity index (χ0) is 19.4. The topological polar surface area (TPSA) is 12.4 Å². The van der Waals surface area contributed by atoms with Crippen molar-refractivity contribution >= 4 is 34.3 Å². The molecule has 2 aliphatic rings. The molecular formula is C25H27NS2. The Kier molecular flexibility index (Phi) is 6.13. The van der Waals surface area contributed by atoms with Gasteiger partial charge in [-0.1, -0.05) is 85.3 Å². The third-order valence-corrected chi connectivity index (χ3v) is 7.94. The van der Waals surface area contributed by atoms with E-state index in [0.29, 0.717) is 0 Å². The molecule has 0 amide bonds. The van der Waals surface area contributed by atoms with E-state index in [-0.39, 0.29) is 5.41 Å². The molecule has 1 saturated heterocycles. The van der Waals surface area contributed by atoms with Gasteiger partial charge in [-0.25, -0.2) is 4.99 Å². The molecule has 4 rings (SSSR count). The van der Waals surface area contributed by atoms with E-state index < -0.39 is 0 Å². The number of aryl methyl sites for hydroxylation is 1. The first kappa shape index (κ1) is 19.6. The summed E-state index contributed by atoms with van der Waals surface area (Å²) in [6, 6.07) is 19.1. The lowest BCUT2D eigenvalue weighted by molar-refractivity contribution is 0.252. The van der Waals surface area contributed by atoms with Crippen molar-refractivity contribution in [2.75, 3.05) is 0 Å². The lowest BCUT2D eigenvalue weighted by Gasteiger charge is -2.43. The molecule has 1 heterocycles. The summed E-state index contributed by atoms with van der Waals surface area (Å²) in [5.41, 5.74) is 3.92. The third-order valence-electron chi connectivity index (χ3n) is 5.77. The average Bonchev–Trinajstić information content (AvgIpc) is 2.73. The molecule has 0 radical (unpaired) electrons. The van der Waals surface area contributed by atoms with Crippen molar-refractivity contribution in [2.24, 2.45) is 10.4 Å². The minimum absolute atomic E-state index is 0.262. The molecule has 0 N–H and O–H groups in total. The molecule has 2 fully saturated rings. The number of aliphatic imine (C=N–C) groups is 1. The average molecular weight is 406 g/mol. The predicted octanol–water partition coefficient (Wildman–Crippen LogP) is 8.30. The Morgan fingerprint density at radius 3 is 2.43 bits per heavy atom. The minimum Gasteiger partial charge on any atom is -0.241 e. The van der Waals surface area contributed by atoms with Gasteiger partial charge in [-0.15, -0.1) is 0 Å². The second-order valence-electron chi connectivity index (χ2n) is 7.87. The largest absolute Gasteiger partial charge is 0.241 e. The van der Waals surface area contributed by atoms with E-state index in [2.05, 4.69) is 73.5 Å². The van der Waals surface area contributed by atoms with Crippen LogP contribution in [0.1, 0.15) is 44.1 Å². The Morgan fingerprint density at radius 1 is 1.00 bits per heavy atom. The first-order valence-corrected chi connectivity index (χ1v) is 11.8. The number of nitrogens with zero attached hydrogens (tertiary/aromatic N) is 1. The number of allylic oxidation sites excluding steroid dienone is 1. The number of thioether (sulfide) groups is 2. The van der Waals surface area contributed by atoms with E-state index in [1.54, 1.807) is 11.8 Å². The maximum Gasteiger partial charge on any atom is 0.105 e. The molecule has 1 aliphatic heterocycles. The SMILES string of the molecule is C=C1SC(=Nc2ccc(C)cc2)/C(=C/Sc2ccccc2)CC12CCCCC2. The molecule has 0 atom stereocenters. The second kappa shape index (κ2) is 8.75. The molecule has 144 valence electrons. The Bertz CT molecular complexity index is 888. The fourth-order valence-corrected chi connectivity index (χ4v) is 6.08. The van der Waals surface area contributed by atoms with Crippen LogP contribution in [0.5, 0.6) is 0 Å². The summed E-state index contributed by atoms with van der Waals surface area (Å²) in [6.07, 6.45) is 7.62. The molecule has 0 aromatic heterocycles. The van der Waals surface area contributed by atoms with Crippen molar-refractivity contribution in [1.29, 1.82) is 0 Å². The van der Waals surface area contributed by atoms with Gasteiger partial charge in [-0.2, -0.15) is 0 Å². The number of hydrogen-bond donors (Lipinski definition) is 0. The first-order valence-electron chi connectivity index (χ1n) is 10.1. The van der Waals surface area contributed by atoms with Crippen LogP contribution >= 0.6 is 23.5 Å². The number of hydrogen-bond acceptors (Lipinski definition) is 3. The van der Waals surface area contributed by atoms with Gasteiger partial charge in [0.05, 0.1) is 5.69 Å². The number of benzene rings is 2. The van der Waals surface area contributed by atoms with Gasteiger partial charge in [-0.05, 0) is 66.3 Å². The van der Waals surface area contributed by atoms with E-state index in [4.69, 9.17) is 4.99 Å². The standard InChI is InChI=1S/C25H27NS2/c1-19-11-13-22(14-12-19)26-24-21(18-27-23-9-5-3-6-10-23)17-25(20(2)28-24)15-7-4-8-16-25/h3,5-6,9-14,18H,2,4,7-8,15-17H2,1H3/b21-18+,26-24?. The van der Waals surface area contributed by atoms with E-state index in [0.717, 1.165) is 17.2 Å². The highest BCUT2D eigenvalue weighted by molar-refractivity contribution is 8.17. The summed E-state index contributed by atoms with van der Waals surface area (Å²) < 4.78 is 0. The minimum atomic E-state index is 0.262. The molecule has 1 nitrogen and oxygen atoms in total. The van der Waals surface area contributed by atoms with Crippen LogP contribution in [0.15, 0.2) is 87.0 Å². The molecule has 0 bridgehead atoms. The summed E-state index contributed by atoms with van der Waals surface area (Å²) >= 11 is 3.61. The highest BCUT2D eigenvalue weighted by atomic mass is 32.2. The van der Waals surface area contributed by atoms with Crippen molar-refractivity contribution in [3.63, 3.8) is 0 Å². The quantitative estimate of drug-likeness (QED) is 0.476. The van der Waals surface area contributed by atoms with Crippen LogP contribution in [0.25, 0.3) is 0 Å². The lowest BCUT2D eigenvalue weighted by Crippen LogP contribution is -2.30. The Hall–Kier alpha value is -1.71. The lowest BCUT2D eigenvalue weighted by atomic mass is 9.70. The maximum absolute atomic E-state index is 5.02. The van der Waals surface area contributed by atoms with E-state index in [9.17, 15) is 0 Å². The highest BCUT2D eigenvalue weighted by Crippen LogP contribution is 2.55. The molecule has 28 heavy (non-hydrogen) atoms. The Balaban J connectivity index is 1.66. The van der Waals surface area contributed by atoms with Crippen LogP contribution in [0.3, 0.4) is 0 Å². The van der Waals surface area contributed by atoms with Crippen LogP contribution in [0, 0.1) is 12.3 Å². The van der Waals surface area contributed by atoms with Gasteiger partial charge in [0, 0.05) is 10.3 Å². The zero-order valence-electron chi connectivity index (χ0n) is 16.5. The van der Waals surface area contributed by atoms with Crippen molar-refractivity contribution in [3.05, 3.63) is 82.6 Å². The van der Waals surface area contributed by atoms with Gasteiger partial charge < -0.3 is 0 Å². The smallest absolute Gasteiger partial charge is 0.105 e. The van der Waals surface area contributed by atoms with Crippen molar-refractivity contribution in [2.45, 2.75) is 50.3 Å². The van der Waals surface area contributed by atoms with Gasteiger partial charge in [-0.3, -0.25) is 0 Å². The van der Waals surface area contributed by atoms with E-state index in [1.165, 1.54) is 53.0 Å². The van der Waals surface area contributed by atoms with Crippen LogP contribution in [-0.2, 0) is 0 Å². The van der Waals surface area contributed by atoms with Gasteiger partial charge >= 0.3 is 0 Å². The molecule has 0 unspecified atom stereocenters. The summed E-state index contributed by atoms with van der Waals surface area (Å²) in [6.45, 7) is 6.61. The monoisotopic (exact) mass is 405 g/mol. The summed E-state index contributed by atoms with van der Waals surface area (Å²) in [7, 11) is 0. The van der Waals surface area contributed by atoms with Gasteiger partial charge in [0.25, 0.3) is 0 Å². The van der Waals surface area contributed by atoms with Gasteiger partial charge in [0.15, 0.2) is 0 Å². The molecule has 3 heteroatoms. The Labute approximate surface area is 177 Å². The predicted molar refractivity (Wildman–Crippen MR) is 126 cm³/mol. The second-order valence-corrected chi connectivity index (χ2v) is 9.90. The Morgan fingerprint density at radius 2 is 1.71 bits per heavy atom. The number of rotatable bonds is 3. The third kappa shape index (κ3) is 4.47. The molecule has 2 aromatic carbocycles. The van der Waals surface area contributed by atoms with Crippen molar-refractivity contribution < 1.29 is 0 Å².